The number of aromatic nitrogens is 2. The zero-order chi connectivity index (χ0) is 18.7. The number of sulfonamides is 1. The number of hydrogen-bond acceptors (Lipinski definition) is 6. The van der Waals surface area contributed by atoms with E-state index in [4.69, 9.17) is 4.84 Å². The van der Waals surface area contributed by atoms with Crippen LogP contribution in [0.4, 0.5) is 13.2 Å². The molecule has 0 aliphatic rings. The molecule has 0 saturated carbocycles. The van der Waals surface area contributed by atoms with Gasteiger partial charge in [0.2, 0.25) is 5.82 Å². The highest BCUT2D eigenvalue weighted by molar-refractivity contribution is 7.91. The number of benzene rings is 1. The Hall–Kier alpha value is -2.24. The molecule has 25 heavy (non-hydrogen) atoms. The van der Waals surface area contributed by atoms with Crippen molar-refractivity contribution in [1.82, 2.24) is 14.6 Å². The molecule has 0 aliphatic heterocycles. The van der Waals surface area contributed by atoms with E-state index >= 15 is 0 Å². The number of hydrogen-bond donors (Lipinski definition) is 0. The predicted octanol–water partition coefficient (Wildman–Crippen LogP) is 2.98. The van der Waals surface area contributed by atoms with Gasteiger partial charge < -0.3 is 4.52 Å². The lowest BCUT2D eigenvalue weighted by Gasteiger charge is -2.17. The Morgan fingerprint density at radius 2 is 1.92 bits per heavy atom. The van der Waals surface area contributed by atoms with Crippen LogP contribution in [-0.2, 0) is 27.6 Å². The molecule has 136 valence electrons. The Bertz CT molecular complexity index is 845. The second-order valence-electron chi connectivity index (χ2n) is 4.78. The van der Waals surface area contributed by atoms with E-state index in [9.17, 15) is 21.6 Å². The molecule has 0 spiro atoms. The minimum absolute atomic E-state index is 0.0799. The van der Waals surface area contributed by atoms with Gasteiger partial charge in [0.15, 0.2) is 0 Å². The van der Waals surface area contributed by atoms with E-state index in [0.29, 0.717) is 11.1 Å². The van der Waals surface area contributed by atoms with Crippen LogP contribution in [0.2, 0.25) is 0 Å². The zero-order valence-electron chi connectivity index (χ0n) is 13.2. The van der Waals surface area contributed by atoms with Crippen molar-refractivity contribution in [3.8, 4) is 11.4 Å². The first kappa shape index (κ1) is 19.1. The molecule has 1 aromatic carbocycles. The predicted molar refractivity (Wildman–Crippen MR) is 81.0 cm³/mol. The molecule has 0 N–H and O–H groups in total. The summed E-state index contributed by atoms with van der Waals surface area (Å²) in [5.74, 6) is -1.65. The van der Waals surface area contributed by atoms with Crippen LogP contribution in [0.25, 0.3) is 11.4 Å². The summed E-state index contributed by atoms with van der Waals surface area (Å²) in [5, 5.41) is 4.27. The Morgan fingerprint density at radius 1 is 1.28 bits per heavy atom. The summed E-state index contributed by atoms with van der Waals surface area (Å²) in [6.45, 7) is 1.48. The van der Waals surface area contributed by atoms with Crippen LogP contribution in [0.1, 0.15) is 18.4 Å². The smallest absolute Gasteiger partial charge is 0.329 e. The molecule has 2 aromatic rings. The SMILES string of the molecule is C/C=C/S(=O)(=O)N(Cc1ccc(-c2noc(C(F)(F)F)n2)cc1)OC. The molecular formula is C14H14F3N3O4S. The Balaban J connectivity index is 2.18. The van der Waals surface area contributed by atoms with Crippen LogP contribution in [0.5, 0.6) is 0 Å². The first-order valence-corrected chi connectivity index (χ1v) is 8.37. The molecule has 2 rings (SSSR count). The van der Waals surface area contributed by atoms with Crippen molar-refractivity contribution in [3.63, 3.8) is 0 Å². The molecule has 0 atom stereocenters. The van der Waals surface area contributed by atoms with E-state index in [1.54, 1.807) is 6.92 Å². The van der Waals surface area contributed by atoms with Crippen LogP contribution >= 0.6 is 0 Å². The highest BCUT2D eigenvalue weighted by Gasteiger charge is 2.38. The average Bonchev–Trinajstić information content (AvgIpc) is 3.03. The standard InChI is InChI=1S/C14H14F3N3O4S/c1-3-8-25(21,22)20(23-2)9-10-4-6-11(7-5-10)12-18-13(24-19-12)14(15,16)17/h3-8H,9H2,1-2H3/b8-3+. The van der Waals surface area contributed by atoms with Gasteiger partial charge in [0.25, 0.3) is 10.0 Å². The molecule has 0 saturated heterocycles. The van der Waals surface area contributed by atoms with Crippen molar-refractivity contribution >= 4 is 10.0 Å². The topological polar surface area (TPSA) is 85.5 Å². The van der Waals surface area contributed by atoms with Crippen molar-refractivity contribution in [2.24, 2.45) is 0 Å². The van der Waals surface area contributed by atoms with E-state index in [2.05, 4.69) is 14.7 Å². The normalized spacial score (nSPS) is 13.0. The molecule has 0 fully saturated rings. The van der Waals surface area contributed by atoms with Crippen LogP contribution in [0.3, 0.4) is 0 Å². The molecular weight excluding hydrogens is 363 g/mol. The third kappa shape index (κ3) is 4.65. The van der Waals surface area contributed by atoms with Crippen molar-refractivity contribution < 1.29 is 30.9 Å². The largest absolute Gasteiger partial charge is 0.471 e. The lowest BCUT2D eigenvalue weighted by Crippen LogP contribution is -2.27. The fourth-order valence-corrected chi connectivity index (χ4v) is 2.88. The summed E-state index contributed by atoms with van der Waals surface area (Å²) < 4.78 is 66.2. The van der Waals surface area contributed by atoms with Crippen molar-refractivity contribution in [1.29, 1.82) is 0 Å². The highest BCUT2D eigenvalue weighted by Crippen LogP contribution is 2.29. The maximum atomic E-state index is 12.5. The van der Waals surface area contributed by atoms with Crippen LogP contribution in [0.15, 0.2) is 40.3 Å². The second-order valence-corrected chi connectivity index (χ2v) is 6.49. The van der Waals surface area contributed by atoms with Crippen LogP contribution < -0.4 is 0 Å². The molecule has 0 unspecified atom stereocenters. The summed E-state index contributed by atoms with van der Waals surface area (Å²) >= 11 is 0. The Labute approximate surface area is 141 Å². The molecule has 0 aliphatic carbocycles. The van der Waals surface area contributed by atoms with E-state index in [1.165, 1.54) is 37.5 Å². The van der Waals surface area contributed by atoms with Gasteiger partial charge in [-0.15, -0.1) is 0 Å². The van der Waals surface area contributed by atoms with Gasteiger partial charge in [-0.25, -0.2) is 8.42 Å². The second kappa shape index (κ2) is 7.33. The number of allylic oxidation sites excluding steroid dienone is 1. The van der Waals surface area contributed by atoms with Gasteiger partial charge in [-0.2, -0.15) is 18.2 Å². The van der Waals surface area contributed by atoms with Crippen molar-refractivity contribution in [2.45, 2.75) is 19.6 Å². The van der Waals surface area contributed by atoms with Crippen molar-refractivity contribution in [3.05, 3.63) is 47.2 Å². The van der Waals surface area contributed by atoms with E-state index < -0.39 is 22.1 Å². The minimum Gasteiger partial charge on any atom is -0.329 e. The molecule has 0 amide bonds. The summed E-state index contributed by atoms with van der Waals surface area (Å²) in [6.07, 6.45) is -3.36. The summed E-state index contributed by atoms with van der Waals surface area (Å²) in [4.78, 5) is 8.14. The fraction of sp³-hybridized carbons (Fsp3) is 0.286. The molecule has 0 radical (unpaired) electrons. The maximum Gasteiger partial charge on any atom is 0.471 e. The number of alkyl halides is 3. The summed E-state index contributed by atoms with van der Waals surface area (Å²) in [6, 6.07) is 5.96. The maximum absolute atomic E-state index is 12.5. The van der Waals surface area contributed by atoms with Gasteiger partial charge >= 0.3 is 12.1 Å². The van der Waals surface area contributed by atoms with Gasteiger partial charge in [0.1, 0.15) is 0 Å². The minimum atomic E-state index is -4.72. The van der Waals surface area contributed by atoms with Gasteiger partial charge in [0.05, 0.1) is 13.7 Å². The number of halogens is 3. The molecule has 1 aromatic heterocycles. The quantitative estimate of drug-likeness (QED) is 0.720. The highest BCUT2D eigenvalue weighted by atomic mass is 32.2. The van der Waals surface area contributed by atoms with Gasteiger partial charge in [-0.05, 0) is 12.5 Å². The van der Waals surface area contributed by atoms with Gasteiger partial charge in [-0.1, -0.05) is 40.0 Å². The fourth-order valence-electron chi connectivity index (χ4n) is 1.86. The first-order valence-electron chi connectivity index (χ1n) is 6.87. The molecule has 7 nitrogen and oxygen atoms in total. The van der Waals surface area contributed by atoms with Crippen molar-refractivity contribution in [2.75, 3.05) is 7.11 Å². The lowest BCUT2D eigenvalue weighted by atomic mass is 10.1. The first-order chi connectivity index (χ1) is 11.7. The van der Waals surface area contributed by atoms with E-state index in [1.807, 2.05) is 0 Å². The van der Waals surface area contributed by atoms with E-state index in [0.717, 1.165) is 9.88 Å². The Kier molecular flexibility index (Phi) is 5.60. The number of nitrogens with zero attached hydrogens (tertiary/aromatic N) is 3. The van der Waals surface area contributed by atoms with Gasteiger partial charge in [0, 0.05) is 11.0 Å². The number of rotatable bonds is 6. The van der Waals surface area contributed by atoms with Gasteiger partial charge in [-0.3, -0.25) is 4.84 Å². The van der Waals surface area contributed by atoms with Crippen LogP contribution in [-0.4, -0.2) is 30.1 Å². The summed E-state index contributed by atoms with van der Waals surface area (Å²) in [7, 11) is -2.51. The van der Waals surface area contributed by atoms with E-state index in [-0.39, 0.29) is 12.4 Å². The average molecular weight is 377 g/mol. The molecule has 11 heteroatoms. The third-order valence-corrected chi connectivity index (χ3v) is 4.45. The third-order valence-electron chi connectivity index (χ3n) is 2.99. The van der Waals surface area contributed by atoms with Crippen LogP contribution in [0, 0.1) is 0 Å². The Morgan fingerprint density at radius 3 is 2.40 bits per heavy atom. The zero-order valence-corrected chi connectivity index (χ0v) is 14.0. The summed E-state index contributed by atoms with van der Waals surface area (Å²) in [5.41, 5.74) is 0.849. The monoisotopic (exact) mass is 377 g/mol. The lowest BCUT2D eigenvalue weighted by molar-refractivity contribution is -0.159. The number of hydroxylamine groups is 1. The molecule has 1 heterocycles. The molecule has 0 bridgehead atoms.